The van der Waals surface area contributed by atoms with E-state index < -0.39 is 0 Å². The highest BCUT2D eigenvalue weighted by Gasteiger charge is 2.23. The van der Waals surface area contributed by atoms with Crippen molar-refractivity contribution in [1.29, 1.82) is 0 Å². The molecular formula is C10H13ClN2O. The third-order valence-corrected chi connectivity index (χ3v) is 2.45. The molecule has 76 valence electrons. The summed E-state index contributed by atoms with van der Waals surface area (Å²) >= 11 is 5.88. The molecule has 0 aliphatic heterocycles. The zero-order valence-corrected chi connectivity index (χ0v) is 8.92. The zero-order valence-electron chi connectivity index (χ0n) is 8.16. The molecule has 1 aliphatic rings. The first kappa shape index (κ1) is 9.87. The van der Waals surface area contributed by atoms with Crippen molar-refractivity contribution in [2.45, 2.75) is 25.9 Å². The van der Waals surface area contributed by atoms with Crippen molar-refractivity contribution in [3.8, 4) is 0 Å². The predicted molar refractivity (Wildman–Crippen MR) is 54.2 cm³/mol. The third kappa shape index (κ3) is 2.66. The molecule has 4 heteroatoms. The Morgan fingerprint density at radius 1 is 1.50 bits per heavy atom. The molecule has 1 heterocycles. The minimum absolute atomic E-state index is 0.500. The molecule has 1 saturated carbocycles. The first-order valence-electron chi connectivity index (χ1n) is 4.79. The van der Waals surface area contributed by atoms with Gasteiger partial charge in [0.25, 0.3) is 0 Å². The minimum atomic E-state index is 0.500. The van der Waals surface area contributed by atoms with E-state index in [4.69, 9.17) is 16.3 Å². The Kier molecular flexibility index (Phi) is 2.99. The van der Waals surface area contributed by atoms with E-state index in [0.29, 0.717) is 11.8 Å². The molecule has 0 amide bonds. The second-order valence-corrected chi connectivity index (χ2v) is 4.07. The van der Waals surface area contributed by atoms with E-state index in [-0.39, 0.29) is 0 Å². The van der Waals surface area contributed by atoms with Crippen LogP contribution in [0, 0.1) is 5.92 Å². The summed E-state index contributed by atoms with van der Waals surface area (Å²) in [5, 5.41) is 0.516. The number of nitrogens with zero attached hydrogens (tertiary/aromatic N) is 2. The fourth-order valence-electron chi connectivity index (χ4n) is 1.41. The van der Waals surface area contributed by atoms with Gasteiger partial charge in [0, 0.05) is 13.5 Å². The van der Waals surface area contributed by atoms with Crippen LogP contribution >= 0.6 is 11.6 Å². The highest BCUT2D eigenvalue weighted by Crippen LogP contribution is 2.31. The fraction of sp³-hybridized carbons (Fsp3) is 0.600. The molecule has 0 unspecified atom stereocenters. The monoisotopic (exact) mass is 212 g/mol. The standard InChI is InChI=1S/C10H13ClN2O/c1-14-6-8-5-9(11)13-10(12-8)4-7-2-3-7/h5,7H,2-4,6H2,1H3. The average molecular weight is 213 g/mol. The Hall–Kier alpha value is -0.670. The van der Waals surface area contributed by atoms with Crippen LogP contribution in [0.25, 0.3) is 0 Å². The van der Waals surface area contributed by atoms with Crippen molar-refractivity contribution in [2.24, 2.45) is 5.92 Å². The smallest absolute Gasteiger partial charge is 0.133 e. The van der Waals surface area contributed by atoms with Crippen LogP contribution in [0.5, 0.6) is 0 Å². The molecule has 0 atom stereocenters. The number of hydrogen-bond acceptors (Lipinski definition) is 3. The van der Waals surface area contributed by atoms with Crippen molar-refractivity contribution < 1.29 is 4.74 Å². The van der Waals surface area contributed by atoms with Crippen LogP contribution in [-0.4, -0.2) is 17.1 Å². The number of aromatic nitrogens is 2. The van der Waals surface area contributed by atoms with Gasteiger partial charge in [-0.1, -0.05) is 11.6 Å². The number of halogens is 1. The lowest BCUT2D eigenvalue weighted by Crippen LogP contribution is -2.01. The van der Waals surface area contributed by atoms with Gasteiger partial charge in [-0.3, -0.25) is 0 Å². The molecule has 1 fully saturated rings. The van der Waals surface area contributed by atoms with E-state index in [2.05, 4.69) is 9.97 Å². The molecule has 0 bridgehead atoms. The maximum atomic E-state index is 5.88. The van der Waals surface area contributed by atoms with Gasteiger partial charge >= 0.3 is 0 Å². The number of rotatable bonds is 4. The van der Waals surface area contributed by atoms with Crippen LogP contribution in [0.4, 0.5) is 0 Å². The van der Waals surface area contributed by atoms with Crippen LogP contribution in [0.1, 0.15) is 24.4 Å². The van der Waals surface area contributed by atoms with Crippen molar-refractivity contribution in [2.75, 3.05) is 7.11 Å². The third-order valence-electron chi connectivity index (χ3n) is 2.25. The second-order valence-electron chi connectivity index (χ2n) is 3.68. The topological polar surface area (TPSA) is 35.0 Å². The highest BCUT2D eigenvalue weighted by atomic mass is 35.5. The van der Waals surface area contributed by atoms with Crippen LogP contribution in [-0.2, 0) is 17.8 Å². The van der Waals surface area contributed by atoms with E-state index >= 15 is 0 Å². The summed E-state index contributed by atoms with van der Waals surface area (Å²) in [7, 11) is 1.65. The summed E-state index contributed by atoms with van der Waals surface area (Å²) in [4.78, 5) is 8.58. The molecule has 14 heavy (non-hydrogen) atoms. The van der Waals surface area contributed by atoms with Gasteiger partial charge in [-0.15, -0.1) is 0 Å². The van der Waals surface area contributed by atoms with Crippen LogP contribution in [0.2, 0.25) is 5.15 Å². The predicted octanol–water partition coefficient (Wildman–Crippen LogP) is 2.23. The zero-order chi connectivity index (χ0) is 9.97. The van der Waals surface area contributed by atoms with Gasteiger partial charge in [-0.2, -0.15) is 0 Å². The molecule has 0 saturated heterocycles. The average Bonchev–Trinajstić information content (AvgIpc) is 2.87. The summed E-state index contributed by atoms with van der Waals surface area (Å²) in [5.74, 6) is 1.64. The second kappa shape index (κ2) is 4.24. The van der Waals surface area contributed by atoms with Crippen LogP contribution in [0.3, 0.4) is 0 Å². The van der Waals surface area contributed by atoms with Gasteiger partial charge in [0.1, 0.15) is 11.0 Å². The first-order chi connectivity index (χ1) is 6.78. The molecule has 3 nitrogen and oxygen atoms in total. The lowest BCUT2D eigenvalue weighted by Gasteiger charge is -2.03. The van der Waals surface area contributed by atoms with Crippen molar-refractivity contribution >= 4 is 11.6 Å². The Morgan fingerprint density at radius 3 is 2.93 bits per heavy atom. The number of hydrogen-bond donors (Lipinski definition) is 0. The summed E-state index contributed by atoms with van der Waals surface area (Å²) < 4.78 is 5.01. The first-order valence-corrected chi connectivity index (χ1v) is 5.17. The maximum absolute atomic E-state index is 5.88. The molecule has 0 aromatic carbocycles. The summed E-state index contributed by atoms with van der Waals surface area (Å²) in [5.41, 5.74) is 0.864. The molecule has 0 spiro atoms. The normalized spacial score (nSPS) is 15.9. The largest absolute Gasteiger partial charge is 0.378 e. The van der Waals surface area contributed by atoms with Gasteiger partial charge in [0.2, 0.25) is 0 Å². The Bertz CT molecular complexity index is 326. The number of methoxy groups -OCH3 is 1. The molecule has 1 aromatic rings. The van der Waals surface area contributed by atoms with Crippen molar-refractivity contribution in [3.05, 3.63) is 22.7 Å². The summed E-state index contributed by atoms with van der Waals surface area (Å²) in [6.07, 6.45) is 3.56. The van der Waals surface area contributed by atoms with Gasteiger partial charge < -0.3 is 4.74 Å². The fourth-order valence-corrected chi connectivity index (χ4v) is 1.63. The number of ether oxygens (including phenoxy) is 1. The minimum Gasteiger partial charge on any atom is -0.378 e. The molecule has 1 aromatic heterocycles. The van der Waals surface area contributed by atoms with E-state index in [1.807, 2.05) is 0 Å². The van der Waals surface area contributed by atoms with Gasteiger partial charge in [0.05, 0.1) is 12.3 Å². The van der Waals surface area contributed by atoms with E-state index in [1.54, 1.807) is 13.2 Å². The highest BCUT2D eigenvalue weighted by molar-refractivity contribution is 6.29. The molecule has 1 aliphatic carbocycles. The Morgan fingerprint density at radius 2 is 2.29 bits per heavy atom. The summed E-state index contributed by atoms with van der Waals surface area (Å²) in [6, 6.07) is 1.75. The molecule has 2 rings (SSSR count). The molecular weight excluding hydrogens is 200 g/mol. The molecule has 0 N–H and O–H groups in total. The van der Waals surface area contributed by atoms with Crippen molar-refractivity contribution in [1.82, 2.24) is 9.97 Å². The van der Waals surface area contributed by atoms with E-state index in [1.165, 1.54) is 12.8 Å². The van der Waals surface area contributed by atoms with E-state index in [9.17, 15) is 0 Å². The lowest BCUT2D eigenvalue weighted by molar-refractivity contribution is 0.181. The SMILES string of the molecule is COCc1cc(Cl)nc(CC2CC2)n1. The quantitative estimate of drug-likeness (QED) is 0.718. The Labute approximate surface area is 88.5 Å². The van der Waals surface area contributed by atoms with Gasteiger partial charge in [-0.25, -0.2) is 9.97 Å². The van der Waals surface area contributed by atoms with Crippen molar-refractivity contribution in [3.63, 3.8) is 0 Å². The van der Waals surface area contributed by atoms with Crippen LogP contribution < -0.4 is 0 Å². The van der Waals surface area contributed by atoms with E-state index in [0.717, 1.165) is 23.9 Å². The molecule has 0 radical (unpaired) electrons. The summed E-state index contributed by atoms with van der Waals surface area (Å²) in [6.45, 7) is 0.500. The maximum Gasteiger partial charge on any atom is 0.133 e. The Balaban J connectivity index is 2.12. The van der Waals surface area contributed by atoms with Gasteiger partial charge in [0.15, 0.2) is 0 Å². The van der Waals surface area contributed by atoms with Crippen LogP contribution in [0.15, 0.2) is 6.07 Å². The van der Waals surface area contributed by atoms with Gasteiger partial charge in [-0.05, 0) is 24.8 Å². The lowest BCUT2D eigenvalue weighted by atomic mass is 10.3.